The Morgan fingerprint density at radius 2 is 1.67 bits per heavy atom. The number of carbonyl (C=O) groups excluding carboxylic acids is 3. The normalized spacial score (nSPS) is 28.0. The number of hydrogen-bond acceptors (Lipinski definition) is 4. The standard InChI is InChI=1S/C18H29N3O3/c1-3-21-16(22)12-15(18(21)24)19-10-6-14(7-11-19)17(23)20-8-4-13(2)5-9-20/h13-15H,3-12H2,1-2H3/t15-/m0/s1. The quantitative estimate of drug-likeness (QED) is 0.725. The summed E-state index contributed by atoms with van der Waals surface area (Å²) in [7, 11) is 0. The lowest BCUT2D eigenvalue weighted by atomic mass is 9.92. The zero-order valence-corrected chi connectivity index (χ0v) is 14.9. The minimum atomic E-state index is -0.302. The molecule has 3 aliphatic rings. The van der Waals surface area contributed by atoms with E-state index in [1.54, 1.807) is 0 Å². The highest BCUT2D eigenvalue weighted by molar-refractivity contribution is 6.05. The van der Waals surface area contributed by atoms with Crippen LogP contribution in [0.1, 0.15) is 46.0 Å². The smallest absolute Gasteiger partial charge is 0.247 e. The fourth-order valence-corrected chi connectivity index (χ4v) is 4.23. The highest BCUT2D eigenvalue weighted by Crippen LogP contribution is 2.27. The van der Waals surface area contributed by atoms with Crippen LogP contribution in [0.2, 0.25) is 0 Å². The number of imide groups is 1. The molecule has 6 heteroatoms. The summed E-state index contributed by atoms with van der Waals surface area (Å²) in [5.41, 5.74) is 0. The topological polar surface area (TPSA) is 60.9 Å². The van der Waals surface area contributed by atoms with E-state index in [1.807, 2.05) is 11.8 Å². The SMILES string of the molecule is CCN1C(=O)C[C@H](N2CCC(C(=O)N3CCC(C)CC3)CC2)C1=O. The van der Waals surface area contributed by atoms with Crippen LogP contribution in [-0.4, -0.2) is 71.2 Å². The molecule has 1 atom stereocenters. The van der Waals surface area contributed by atoms with E-state index < -0.39 is 0 Å². The molecule has 0 aliphatic carbocycles. The van der Waals surface area contributed by atoms with Crippen LogP contribution in [0.5, 0.6) is 0 Å². The number of piperidine rings is 2. The van der Waals surface area contributed by atoms with Gasteiger partial charge in [0.05, 0.1) is 12.5 Å². The zero-order valence-electron chi connectivity index (χ0n) is 14.9. The van der Waals surface area contributed by atoms with Gasteiger partial charge in [0.1, 0.15) is 0 Å². The first-order valence-corrected chi connectivity index (χ1v) is 9.38. The summed E-state index contributed by atoms with van der Waals surface area (Å²) in [4.78, 5) is 42.4. The Morgan fingerprint density at radius 1 is 1.04 bits per heavy atom. The number of amides is 3. The number of rotatable bonds is 3. The zero-order chi connectivity index (χ0) is 17.3. The summed E-state index contributed by atoms with van der Waals surface area (Å²) in [5.74, 6) is 0.989. The molecule has 0 radical (unpaired) electrons. The lowest BCUT2D eigenvalue weighted by Gasteiger charge is -2.38. The van der Waals surface area contributed by atoms with Gasteiger partial charge in [-0.25, -0.2) is 0 Å². The third-order valence-electron chi connectivity index (χ3n) is 5.95. The van der Waals surface area contributed by atoms with Gasteiger partial charge in [-0.1, -0.05) is 6.92 Å². The van der Waals surface area contributed by atoms with Crippen molar-refractivity contribution in [1.82, 2.24) is 14.7 Å². The fourth-order valence-electron chi connectivity index (χ4n) is 4.23. The average molecular weight is 335 g/mol. The third-order valence-corrected chi connectivity index (χ3v) is 5.95. The summed E-state index contributed by atoms with van der Waals surface area (Å²) in [6, 6.07) is -0.302. The molecule has 0 saturated carbocycles. The Hall–Kier alpha value is -1.43. The van der Waals surface area contributed by atoms with E-state index in [2.05, 4.69) is 11.8 Å². The van der Waals surface area contributed by atoms with Crippen molar-refractivity contribution in [3.63, 3.8) is 0 Å². The van der Waals surface area contributed by atoms with Crippen LogP contribution < -0.4 is 0 Å². The van der Waals surface area contributed by atoms with Crippen LogP contribution in [0.15, 0.2) is 0 Å². The molecule has 6 nitrogen and oxygen atoms in total. The molecule has 3 fully saturated rings. The molecule has 0 N–H and O–H groups in total. The Morgan fingerprint density at radius 3 is 2.21 bits per heavy atom. The van der Waals surface area contributed by atoms with Crippen LogP contribution in [-0.2, 0) is 14.4 Å². The monoisotopic (exact) mass is 335 g/mol. The largest absolute Gasteiger partial charge is 0.342 e. The fraction of sp³-hybridized carbons (Fsp3) is 0.833. The van der Waals surface area contributed by atoms with E-state index in [9.17, 15) is 14.4 Å². The first kappa shape index (κ1) is 17.4. The minimum Gasteiger partial charge on any atom is -0.342 e. The summed E-state index contributed by atoms with van der Waals surface area (Å²) >= 11 is 0. The minimum absolute atomic E-state index is 0.0581. The lowest BCUT2D eigenvalue weighted by molar-refractivity contribution is -0.140. The number of carbonyl (C=O) groups is 3. The van der Waals surface area contributed by atoms with E-state index in [-0.39, 0.29) is 23.8 Å². The molecular weight excluding hydrogens is 306 g/mol. The maximum Gasteiger partial charge on any atom is 0.247 e. The van der Waals surface area contributed by atoms with Crippen molar-refractivity contribution in [1.29, 1.82) is 0 Å². The van der Waals surface area contributed by atoms with Gasteiger partial charge >= 0.3 is 0 Å². The first-order chi connectivity index (χ1) is 11.5. The van der Waals surface area contributed by atoms with Gasteiger partial charge in [0, 0.05) is 25.6 Å². The van der Waals surface area contributed by atoms with Gasteiger partial charge in [0.25, 0.3) is 0 Å². The second-order valence-corrected chi connectivity index (χ2v) is 7.51. The van der Waals surface area contributed by atoms with E-state index in [1.165, 1.54) is 4.90 Å². The molecule has 0 bridgehead atoms. The molecule has 0 aromatic carbocycles. The third kappa shape index (κ3) is 3.34. The number of hydrogen-bond donors (Lipinski definition) is 0. The van der Waals surface area contributed by atoms with Crippen molar-refractivity contribution >= 4 is 17.7 Å². The predicted molar refractivity (Wildman–Crippen MR) is 90.1 cm³/mol. The molecule has 0 aromatic rings. The summed E-state index contributed by atoms with van der Waals surface area (Å²) in [5, 5.41) is 0. The van der Waals surface area contributed by atoms with Crippen LogP contribution in [0.3, 0.4) is 0 Å². The van der Waals surface area contributed by atoms with Gasteiger partial charge in [-0.2, -0.15) is 0 Å². The van der Waals surface area contributed by atoms with E-state index in [0.29, 0.717) is 18.9 Å². The first-order valence-electron chi connectivity index (χ1n) is 9.38. The molecule has 3 heterocycles. The van der Waals surface area contributed by atoms with Crippen molar-refractivity contribution in [3.05, 3.63) is 0 Å². The Labute approximate surface area is 144 Å². The maximum absolute atomic E-state index is 12.7. The Balaban J connectivity index is 1.52. The van der Waals surface area contributed by atoms with Crippen LogP contribution in [0, 0.1) is 11.8 Å². The summed E-state index contributed by atoms with van der Waals surface area (Å²) in [6.45, 7) is 7.80. The van der Waals surface area contributed by atoms with Crippen LogP contribution in [0.4, 0.5) is 0 Å². The molecule has 0 spiro atoms. The average Bonchev–Trinajstić information content (AvgIpc) is 2.89. The molecule has 0 aromatic heterocycles. The molecule has 3 amide bonds. The van der Waals surface area contributed by atoms with Gasteiger partial charge in [-0.15, -0.1) is 0 Å². The van der Waals surface area contributed by atoms with Gasteiger partial charge in [-0.05, 0) is 51.6 Å². The molecule has 3 rings (SSSR count). The van der Waals surface area contributed by atoms with Gasteiger partial charge in [-0.3, -0.25) is 24.2 Å². The van der Waals surface area contributed by atoms with Gasteiger partial charge < -0.3 is 4.90 Å². The van der Waals surface area contributed by atoms with E-state index >= 15 is 0 Å². The van der Waals surface area contributed by atoms with Gasteiger partial charge in [0.15, 0.2) is 0 Å². The highest BCUT2D eigenvalue weighted by atomic mass is 16.2. The number of likely N-dealkylation sites (tertiary alicyclic amines) is 3. The van der Waals surface area contributed by atoms with E-state index in [0.717, 1.165) is 57.8 Å². The predicted octanol–water partition coefficient (Wildman–Crippen LogP) is 1.10. The van der Waals surface area contributed by atoms with Crippen molar-refractivity contribution in [2.45, 2.75) is 52.0 Å². The molecule has 134 valence electrons. The maximum atomic E-state index is 12.7. The van der Waals surface area contributed by atoms with Crippen molar-refractivity contribution in [3.8, 4) is 0 Å². The van der Waals surface area contributed by atoms with Crippen molar-refractivity contribution < 1.29 is 14.4 Å². The Bertz CT molecular complexity index is 506. The molecule has 3 aliphatic heterocycles. The lowest BCUT2D eigenvalue weighted by Crippen LogP contribution is -2.49. The number of nitrogens with zero attached hydrogens (tertiary/aromatic N) is 3. The van der Waals surface area contributed by atoms with E-state index in [4.69, 9.17) is 0 Å². The summed E-state index contributed by atoms with van der Waals surface area (Å²) in [6.07, 6.45) is 4.12. The second kappa shape index (κ2) is 7.21. The Kier molecular flexibility index (Phi) is 5.23. The summed E-state index contributed by atoms with van der Waals surface area (Å²) < 4.78 is 0. The van der Waals surface area contributed by atoms with Crippen LogP contribution >= 0.6 is 0 Å². The number of likely N-dealkylation sites (N-methyl/N-ethyl adjacent to an activating group) is 1. The molecular formula is C18H29N3O3. The molecule has 0 unspecified atom stereocenters. The molecule has 3 saturated heterocycles. The second-order valence-electron chi connectivity index (χ2n) is 7.51. The molecule has 24 heavy (non-hydrogen) atoms. The van der Waals surface area contributed by atoms with Crippen LogP contribution in [0.25, 0.3) is 0 Å². The van der Waals surface area contributed by atoms with Gasteiger partial charge in [0.2, 0.25) is 17.7 Å². The van der Waals surface area contributed by atoms with Crippen molar-refractivity contribution in [2.24, 2.45) is 11.8 Å². The highest BCUT2D eigenvalue weighted by Gasteiger charge is 2.42. The van der Waals surface area contributed by atoms with Crippen molar-refractivity contribution in [2.75, 3.05) is 32.7 Å².